The Morgan fingerprint density at radius 1 is 1.10 bits per heavy atom. The summed E-state index contributed by atoms with van der Waals surface area (Å²) in [5.74, 6) is 0. The monoisotopic (exact) mass is 312 g/mol. The molecule has 0 aromatic heterocycles. The zero-order valence-corrected chi connectivity index (χ0v) is 14.6. The Morgan fingerprint density at radius 3 is 2.10 bits per heavy atom. The van der Waals surface area contributed by atoms with E-state index in [-0.39, 0.29) is 12.1 Å². The number of nitrogens with one attached hydrogen (secondary N) is 1. The minimum atomic E-state index is -3.40. The van der Waals surface area contributed by atoms with Crippen molar-refractivity contribution in [2.75, 3.05) is 13.1 Å². The minimum Gasteiger partial charge on any atom is -0.310 e. The molecule has 0 aliphatic heterocycles. The average molecular weight is 312 g/mol. The highest BCUT2D eigenvalue weighted by atomic mass is 32.2. The Kier molecular flexibility index (Phi) is 6.84. The first-order valence-electron chi connectivity index (χ1n) is 7.69. The van der Waals surface area contributed by atoms with Crippen molar-refractivity contribution in [1.82, 2.24) is 9.62 Å². The van der Waals surface area contributed by atoms with Crippen LogP contribution in [0, 0.1) is 0 Å². The second kappa shape index (κ2) is 7.92. The van der Waals surface area contributed by atoms with Crippen LogP contribution in [0.15, 0.2) is 29.2 Å². The van der Waals surface area contributed by atoms with E-state index in [2.05, 4.69) is 19.2 Å². The predicted octanol–water partition coefficient (Wildman–Crippen LogP) is 3.17. The fourth-order valence-corrected chi connectivity index (χ4v) is 4.09. The van der Waals surface area contributed by atoms with Crippen molar-refractivity contribution in [3.8, 4) is 0 Å². The minimum absolute atomic E-state index is 0.0321. The van der Waals surface area contributed by atoms with Gasteiger partial charge in [0.05, 0.1) is 4.90 Å². The Bertz CT molecular complexity index is 524. The van der Waals surface area contributed by atoms with Gasteiger partial charge in [-0.15, -0.1) is 0 Å². The van der Waals surface area contributed by atoms with Crippen molar-refractivity contribution in [3.63, 3.8) is 0 Å². The van der Waals surface area contributed by atoms with Gasteiger partial charge in [-0.1, -0.05) is 26.0 Å². The van der Waals surface area contributed by atoms with E-state index in [1.807, 2.05) is 32.9 Å². The van der Waals surface area contributed by atoms with Crippen molar-refractivity contribution in [1.29, 1.82) is 0 Å². The third-order valence-electron chi connectivity index (χ3n) is 3.52. The molecule has 0 fully saturated rings. The second-order valence-electron chi connectivity index (χ2n) is 5.56. The summed E-state index contributed by atoms with van der Waals surface area (Å²) in [6.45, 7) is 11.4. The summed E-state index contributed by atoms with van der Waals surface area (Å²) in [5.41, 5.74) is 1.10. The summed E-state index contributed by atoms with van der Waals surface area (Å²) in [4.78, 5) is 0.372. The molecule has 0 aliphatic rings. The molecular formula is C16H28N2O2S. The van der Waals surface area contributed by atoms with Gasteiger partial charge in [-0.3, -0.25) is 0 Å². The van der Waals surface area contributed by atoms with Gasteiger partial charge in [0.2, 0.25) is 10.0 Å². The average Bonchev–Trinajstić information content (AvgIpc) is 2.44. The normalized spacial score (nSPS) is 13.9. The predicted molar refractivity (Wildman–Crippen MR) is 87.9 cm³/mol. The van der Waals surface area contributed by atoms with Crippen LogP contribution in [0.4, 0.5) is 0 Å². The van der Waals surface area contributed by atoms with Crippen molar-refractivity contribution < 1.29 is 8.42 Å². The van der Waals surface area contributed by atoms with E-state index in [9.17, 15) is 8.42 Å². The van der Waals surface area contributed by atoms with E-state index < -0.39 is 10.0 Å². The topological polar surface area (TPSA) is 49.4 Å². The molecule has 1 aromatic rings. The van der Waals surface area contributed by atoms with Crippen molar-refractivity contribution in [3.05, 3.63) is 29.8 Å². The molecule has 0 saturated carbocycles. The quantitative estimate of drug-likeness (QED) is 0.802. The first kappa shape index (κ1) is 18.1. The SMILES string of the molecule is CCCN(C(C)C)S(=O)(=O)c1ccc(C(C)NCC)cc1. The molecule has 0 spiro atoms. The second-order valence-corrected chi connectivity index (χ2v) is 7.45. The highest BCUT2D eigenvalue weighted by Crippen LogP contribution is 2.21. The summed E-state index contributed by atoms with van der Waals surface area (Å²) in [6, 6.07) is 7.40. The lowest BCUT2D eigenvalue weighted by Gasteiger charge is -2.25. The van der Waals surface area contributed by atoms with Crippen LogP contribution in [-0.2, 0) is 10.0 Å². The third-order valence-corrected chi connectivity index (χ3v) is 5.61. The first-order chi connectivity index (χ1) is 9.84. The number of hydrogen-bond donors (Lipinski definition) is 1. The molecule has 1 aromatic carbocycles. The molecule has 120 valence electrons. The molecule has 1 unspecified atom stereocenters. The Labute approximate surface area is 129 Å². The van der Waals surface area contributed by atoms with E-state index >= 15 is 0 Å². The van der Waals surface area contributed by atoms with E-state index in [0.29, 0.717) is 11.4 Å². The van der Waals surface area contributed by atoms with Gasteiger partial charge in [-0.05, 0) is 51.4 Å². The standard InChI is InChI=1S/C16H28N2O2S/c1-6-12-18(13(3)4)21(19,20)16-10-8-15(9-11-16)14(5)17-7-2/h8-11,13-14,17H,6-7,12H2,1-5H3. The van der Waals surface area contributed by atoms with Crippen LogP contribution in [0.1, 0.15) is 52.6 Å². The highest BCUT2D eigenvalue weighted by molar-refractivity contribution is 7.89. The molecule has 5 heteroatoms. The maximum atomic E-state index is 12.7. The van der Waals surface area contributed by atoms with Crippen LogP contribution in [-0.4, -0.2) is 31.9 Å². The van der Waals surface area contributed by atoms with Crippen molar-refractivity contribution in [2.45, 2.75) is 58.0 Å². The van der Waals surface area contributed by atoms with Crippen LogP contribution in [0.25, 0.3) is 0 Å². The molecule has 1 rings (SSSR count). The molecule has 0 aliphatic carbocycles. The van der Waals surface area contributed by atoms with Gasteiger partial charge >= 0.3 is 0 Å². The molecule has 0 saturated heterocycles. The summed E-state index contributed by atoms with van der Waals surface area (Å²) < 4.78 is 26.9. The Balaban J connectivity index is 3.03. The lowest BCUT2D eigenvalue weighted by Crippen LogP contribution is -2.37. The van der Waals surface area contributed by atoms with Crippen LogP contribution in [0.3, 0.4) is 0 Å². The van der Waals surface area contributed by atoms with Crippen LogP contribution >= 0.6 is 0 Å². The summed E-state index contributed by atoms with van der Waals surface area (Å²) in [5, 5.41) is 3.32. The van der Waals surface area contributed by atoms with Crippen LogP contribution in [0.2, 0.25) is 0 Å². The van der Waals surface area contributed by atoms with E-state index in [0.717, 1.165) is 18.5 Å². The highest BCUT2D eigenvalue weighted by Gasteiger charge is 2.26. The maximum Gasteiger partial charge on any atom is 0.243 e. The van der Waals surface area contributed by atoms with Gasteiger partial charge in [0.1, 0.15) is 0 Å². The molecule has 4 nitrogen and oxygen atoms in total. The number of sulfonamides is 1. The van der Waals surface area contributed by atoms with Crippen LogP contribution in [0.5, 0.6) is 0 Å². The molecule has 1 atom stereocenters. The smallest absolute Gasteiger partial charge is 0.243 e. The van der Waals surface area contributed by atoms with E-state index in [1.54, 1.807) is 16.4 Å². The molecule has 1 N–H and O–H groups in total. The van der Waals surface area contributed by atoms with Crippen molar-refractivity contribution >= 4 is 10.0 Å². The Hall–Kier alpha value is -0.910. The molecule has 0 bridgehead atoms. The fraction of sp³-hybridized carbons (Fsp3) is 0.625. The molecular weight excluding hydrogens is 284 g/mol. The molecule has 0 heterocycles. The lowest BCUT2D eigenvalue weighted by atomic mass is 10.1. The third kappa shape index (κ3) is 4.53. The molecule has 21 heavy (non-hydrogen) atoms. The number of nitrogens with zero attached hydrogens (tertiary/aromatic N) is 1. The first-order valence-corrected chi connectivity index (χ1v) is 9.13. The van der Waals surface area contributed by atoms with Gasteiger partial charge in [0, 0.05) is 18.6 Å². The number of benzene rings is 1. The van der Waals surface area contributed by atoms with E-state index in [4.69, 9.17) is 0 Å². The van der Waals surface area contributed by atoms with E-state index in [1.165, 1.54) is 0 Å². The molecule has 0 amide bonds. The van der Waals surface area contributed by atoms with Gasteiger partial charge < -0.3 is 5.32 Å². The summed E-state index contributed by atoms with van der Waals surface area (Å²) in [6.07, 6.45) is 0.812. The number of hydrogen-bond acceptors (Lipinski definition) is 3. The fourth-order valence-electron chi connectivity index (χ4n) is 2.36. The number of rotatable bonds is 8. The Morgan fingerprint density at radius 2 is 1.67 bits per heavy atom. The molecule has 0 radical (unpaired) electrons. The lowest BCUT2D eigenvalue weighted by molar-refractivity contribution is 0.354. The van der Waals surface area contributed by atoms with Crippen LogP contribution < -0.4 is 5.32 Å². The zero-order valence-electron chi connectivity index (χ0n) is 13.8. The summed E-state index contributed by atoms with van der Waals surface area (Å²) in [7, 11) is -3.40. The van der Waals surface area contributed by atoms with Gasteiger partial charge in [-0.25, -0.2) is 8.42 Å². The van der Waals surface area contributed by atoms with Gasteiger partial charge in [-0.2, -0.15) is 4.31 Å². The van der Waals surface area contributed by atoms with Crippen molar-refractivity contribution in [2.24, 2.45) is 0 Å². The largest absolute Gasteiger partial charge is 0.310 e. The van der Waals surface area contributed by atoms with Gasteiger partial charge in [0.15, 0.2) is 0 Å². The zero-order chi connectivity index (χ0) is 16.0. The summed E-state index contributed by atoms with van der Waals surface area (Å²) >= 11 is 0. The maximum absolute atomic E-state index is 12.7. The van der Waals surface area contributed by atoms with Gasteiger partial charge in [0.25, 0.3) is 0 Å².